The molecule has 1 aromatic rings. The molecule has 6 nitrogen and oxygen atoms in total. The fourth-order valence-electron chi connectivity index (χ4n) is 2.07. The summed E-state index contributed by atoms with van der Waals surface area (Å²) in [6.07, 6.45) is -3.71. The molecule has 0 bridgehead atoms. The highest BCUT2D eigenvalue weighted by Crippen LogP contribution is 2.33. The van der Waals surface area contributed by atoms with Gasteiger partial charge in [-0.15, -0.1) is 0 Å². The molecule has 10 heteroatoms. The van der Waals surface area contributed by atoms with Crippen LogP contribution in [-0.2, 0) is 6.18 Å². The van der Waals surface area contributed by atoms with Crippen LogP contribution < -0.4 is 5.32 Å². The zero-order valence-corrected chi connectivity index (χ0v) is 11.4. The number of rotatable bonds is 2. The maximum Gasteiger partial charge on any atom is 0.420 e. The molecule has 1 aliphatic heterocycles. The summed E-state index contributed by atoms with van der Waals surface area (Å²) in [6.45, 7) is 0.652. The van der Waals surface area contributed by atoms with E-state index < -0.39 is 23.0 Å². The zero-order valence-electron chi connectivity index (χ0n) is 10.7. The monoisotopic (exact) mass is 324 g/mol. The third-order valence-electron chi connectivity index (χ3n) is 3.07. The first kappa shape index (κ1) is 15.6. The highest BCUT2D eigenvalue weighted by molar-refractivity contribution is 6.30. The van der Waals surface area contributed by atoms with Gasteiger partial charge >= 0.3 is 12.3 Å². The maximum atomic E-state index is 12.5. The lowest BCUT2D eigenvalue weighted by Crippen LogP contribution is -2.44. The molecule has 0 radical (unpaired) electrons. The minimum Gasteiger partial charge on any atom is -0.465 e. The van der Waals surface area contributed by atoms with Crippen LogP contribution in [0.2, 0.25) is 5.15 Å². The molecule has 2 heterocycles. The zero-order chi connectivity index (χ0) is 15.6. The molecule has 0 aromatic carbocycles. The van der Waals surface area contributed by atoms with E-state index in [0.717, 1.165) is 0 Å². The van der Waals surface area contributed by atoms with Crippen LogP contribution in [0.25, 0.3) is 0 Å². The van der Waals surface area contributed by atoms with Crippen molar-refractivity contribution in [3.63, 3.8) is 0 Å². The van der Waals surface area contributed by atoms with Crippen LogP contribution in [-0.4, -0.2) is 45.2 Å². The average Bonchev–Trinajstić information content (AvgIpc) is 2.37. The molecule has 1 unspecified atom stereocenters. The number of likely N-dealkylation sites (tertiary alicyclic amines) is 1. The largest absolute Gasteiger partial charge is 0.465 e. The van der Waals surface area contributed by atoms with Gasteiger partial charge in [-0.2, -0.15) is 13.2 Å². The van der Waals surface area contributed by atoms with E-state index in [9.17, 15) is 18.0 Å². The van der Waals surface area contributed by atoms with Gasteiger partial charge in [-0.05, 0) is 12.8 Å². The molecule has 0 aliphatic carbocycles. The summed E-state index contributed by atoms with van der Waals surface area (Å²) in [5.74, 6) is -0.0507. The molecular weight excluding hydrogens is 313 g/mol. The number of carboxylic acid groups (broad SMARTS) is 1. The number of alkyl halides is 3. The maximum absolute atomic E-state index is 12.5. The third kappa shape index (κ3) is 3.87. The lowest BCUT2D eigenvalue weighted by atomic mass is 10.1. The van der Waals surface area contributed by atoms with Gasteiger partial charge in [-0.1, -0.05) is 11.6 Å². The Balaban J connectivity index is 2.06. The molecule has 1 atom stereocenters. The van der Waals surface area contributed by atoms with Gasteiger partial charge in [0.05, 0.1) is 0 Å². The second kappa shape index (κ2) is 5.92. The van der Waals surface area contributed by atoms with Crippen molar-refractivity contribution in [2.24, 2.45) is 0 Å². The van der Waals surface area contributed by atoms with Gasteiger partial charge in [0.1, 0.15) is 10.7 Å². The summed E-state index contributed by atoms with van der Waals surface area (Å²) in [6, 6.07) is -0.261. The van der Waals surface area contributed by atoms with Crippen molar-refractivity contribution in [3.05, 3.63) is 16.9 Å². The number of hydrogen-bond donors (Lipinski definition) is 2. The van der Waals surface area contributed by atoms with Crippen LogP contribution in [0, 0.1) is 0 Å². The van der Waals surface area contributed by atoms with Gasteiger partial charge in [-0.25, -0.2) is 14.8 Å². The van der Waals surface area contributed by atoms with Gasteiger partial charge in [0, 0.05) is 25.3 Å². The number of nitrogens with one attached hydrogen (secondary N) is 1. The first-order valence-corrected chi connectivity index (χ1v) is 6.49. The Kier molecular flexibility index (Phi) is 4.40. The standard InChI is InChI=1S/C11H12ClF3N4O2/c12-8-7(11(13,14)15)4-16-9(18-8)17-6-2-1-3-19(5-6)10(20)21/h4,6H,1-3,5H2,(H,20,21)(H,16,17,18). The van der Waals surface area contributed by atoms with Crippen molar-refractivity contribution in [3.8, 4) is 0 Å². The normalized spacial score (nSPS) is 19.4. The smallest absolute Gasteiger partial charge is 0.420 e. The summed E-state index contributed by atoms with van der Waals surface area (Å²) >= 11 is 5.50. The average molecular weight is 325 g/mol. The molecule has 0 spiro atoms. The summed E-state index contributed by atoms with van der Waals surface area (Å²) in [5.41, 5.74) is -1.11. The first-order valence-electron chi connectivity index (χ1n) is 6.11. The van der Waals surface area contributed by atoms with Gasteiger partial charge in [0.15, 0.2) is 0 Å². The molecule has 21 heavy (non-hydrogen) atoms. The molecular formula is C11H12ClF3N4O2. The molecule has 1 aliphatic rings. The summed E-state index contributed by atoms with van der Waals surface area (Å²) < 4.78 is 37.6. The summed E-state index contributed by atoms with van der Waals surface area (Å²) in [7, 11) is 0. The van der Waals surface area contributed by atoms with E-state index in [-0.39, 0.29) is 18.5 Å². The number of hydrogen-bond acceptors (Lipinski definition) is 4. The quantitative estimate of drug-likeness (QED) is 0.818. The summed E-state index contributed by atoms with van der Waals surface area (Å²) in [4.78, 5) is 19.2. The van der Waals surface area contributed by atoms with Crippen LogP contribution in [0.5, 0.6) is 0 Å². The Bertz CT molecular complexity index is 541. The second-order valence-electron chi connectivity index (χ2n) is 4.61. The van der Waals surface area contributed by atoms with E-state index in [1.165, 1.54) is 4.90 Å². The molecule has 1 saturated heterocycles. The number of nitrogens with zero attached hydrogens (tertiary/aromatic N) is 3. The fourth-order valence-corrected chi connectivity index (χ4v) is 2.31. The van der Waals surface area contributed by atoms with Crippen molar-refractivity contribution in [1.29, 1.82) is 0 Å². The van der Waals surface area contributed by atoms with Crippen molar-refractivity contribution in [2.45, 2.75) is 25.1 Å². The number of anilines is 1. The van der Waals surface area contributed by atoms with E-state index in [0.29, 0.717) is 25.6 Å². The fraction of sp³-hybridized carbons (Fsp3) is 0.545. The number of aromatic nitrogens is 2. The SMILES string of the molecule is O=C(O)N1CCCC(Nc2ncc(C(F)(F)F)c(Cl)n2)C1. The Morgan fingerprint density at radius 3 is 2.81 bits per heavy atom. The van der Waals surface area contributed by atoms with Crippen molar-refractivity contribution in [1.82, 2.24) is 14.9 Å². The van der Waals surface area contributed by atoms with Crippen LogP contribution in [0.4, 0.5) is 23.9 Å². The Morgan fingerprint density at radius 1 is 1.52 bits per heavy atom. The summed E-state index contributed by atoms with van der Waals surface area (Å²) in [5, 5.41) is 11.0. The Morgan fingerprint density at radius 2 is 2.24 bits per heavy atom. The number of piperidine rings is 1. The Labute approximate surface area is 122 Å². The van der Waals surface area contributed by atoms with E-state index in [4.69, 9.17) is 16.7 Å². The van der Waals surface area contributed by atoms with Crippen LogP contribution in [0.1, 0.15) is 18.4 Å². The molecule has 0 saturated carbocycles. The highest BCUT2D eigenvalue weighted by atomic mass is 35.5. The van der Waals surface area contributed by atoms with Gasteiger partial charge < -0.3 is 15.3 Å². The number of amides is 1. The molecule has 116 valence electrons. The predicted molar refractivity (Wildman–Crippen MR) is 68.3 cm³/mol. The minimum absolute atomic E-state index is 0.0507. The van der Waals surface area contributed by atoms with E-state index in [1.54, 1.807) is 0 Å². The first-order chi connectivity index (χ1) is 9.77. The molecule has 1 aromatic heterocycles. The molecule has 2 rings (SSSR count). The van der Waals surface area contributed by atoms with Crippen molar-refractivity contribution in [2.75, 3.05) is 18.4 Å². The predicted octanol–water partition coefficient (Wildman–Crippen LogP) is 2.70. The Hall–Kier alpha value is -1.77. The molecule has 2 N–H and O–H groups in total. The van der Waals surface area contributed by atoms with Crippen molar-refractivity contribution < 1.29 is 23.1 Å². The van der Waals surface area contributed by atoms with Gasteiger partial charge in [0.25, 0.3) is 0 Å². The van der Waals surface area contributed by atoms with Crippen LogP contribution in [0.3, 0.4) is 0 Å². The van der Waals surface area contributed by atoms with E-state index in [1.807, 2.05) is 0 Å². The highest BCUT2D eigenvalue weighted by Gasteiger charge is 2.35. The van der Waals surface area contributed by atoms with Crippen LogP contribution >= 0.6 is 11.6 Å². The molecule has 1 fully saturated rings. The van der Waals surface area contributed by atoms with Crippen molar-refractivity contribution >= 4 is 23.6 Å². The number of halogens is 4. The topological polar surface area (TPSA) is 78.4 Å². The second-order valence-corrected chi connectivity index (χ2v) is 4.97. The van der Waals surface area contributed by atoms with E-state index in [2.05, 4.69) is 15.3 Å². The van der Waals surface area contributed by atoms with E-state index >= 15 is 0 Å². The van der Waals surface area contributed by atoms with Gasteiger partial charge in [-0.3, -0.25) is 0 Å². The lowest BCUT2D eigenvalue weighted by Gasteiger charge is -2.31. The van der Waals surface area contributed by atoms with Gasteiger partial charge in [0.2, 0.25) is 5.95 Å². The third-order valence-corrected chi connectivity index (χ3v) is 3.36. The lowest BCUT2D eigenvalue weighted by molar-refractivity contribution is -0.137. The minimum atomic E-state index is -4.61. The van der Waals surface area contributed by atoms with Crippen LogP contribution in [0.15, 0.2) is 6.20 Å². The number of carbonyl (C=O) groups is 1. The molecule has 1 amide bonds.